The molecule has 1 heterocycles. The molecule has 1 atom stereocenters. The summed E-state index contributed by atoms with van der Waals surface area (Å²) in [4.78, 5) is 11.5. The summed E-state index contributed by atoms with van der Waals surface area (Å²) in [6.45, 7) is 8.17. The highest BCUT2D eigenvalue weighted by atomic mass is 16.5. The normalized spacial score (nSPS) is 12.8. The predicted molar refractivity (Wildman–Crippen MR) is 60.5 cm³/mol. The fourth-order valence-corrected chi connectivity index (χ4v) is 1.69. The van der Waals surface area contributed by atoms with Gasteiger partial charge >= 0.3 is 0 Å². The van der Waals surface area contributed by atoms with Gasteiger partial charge in [-0.1, -0.05) is 20.8 Å². The summed E-state index contributed by atoms with van der Waals surface area (Å²) in [5, 5.41) is 3.79. The van der Waals surface area contributed by atoms with Crippen LogP contribution in [-0.4, -0.2) is 17.5 Å². The van der Waals surface area contributed by atoms with E-state index in [2.05, 4.69) is 5.16 Å². The summed E-state index contributed by atoms with van der Waals surface area (Å²) >= 11 is 0. The second kappa shape index (κ2) is 5.68. The standard InChI is InChI=1S/C12H19NO3/c1-5-6-15-11-7-10(16-13-11)12(8(2)3)9(4)14/h7-8,12H,5-6H2,1-4H3/t12-/m0/s1. The largest absolute Gasteiger partial charge is 0.476 e. The molecule has 0 radical (unpaired) electrons. The highest BCUT2D eigenvalue weighted by Crippen LogP contribution is 2.27. The molecule has 0 N–H and O–H groups in total. The van der Waals surface area contributed by atoms with Gasteiger partial charge in [0.05, 0.1) is 12.5 Å². The molecule has 0 fully saturated rings. The molecular weight excluding hydrogens is 206 g/mol. The van der Waals surface area contributed by atoms with Crippen LogP contribution in [0, 0.1) is 5.92 Å². The lowest BCUT2D eigenvalue weighted by molar-refractivity contribution is -0.119. The first-order valence-corrected chi connectivity index (χ1v) is 5.66. The van der Waals surface area contributed by atoms with Crippen molar-refractivity contribution in [1.82, 2.24) is 5.16 Å². The van der Waals surface area contributed by atoms with Crippen molar-refractivity contribution in [2.45, 2.75) is 40.0 Å². The van der Waals surface area contributed by atoms with Crippen LogP contribution in [-0.2, 0) is 4.79 Å². The summed E-state index contributed by atoms with van der Waals surface area (Å²) < 4.78 is 10.5. The second-order valence-corrected chi connectivity index (χ2v) is 4.25. The van der Waals surface area contributed by atoms with Crippen molar-refractivity contribution in [3.05, 3.63) is 11.8 Å². The van der Waals surface area contributed by atoms with E-state index in [0.29, 0.717) is 18.2 Å². The maximum absolute atomic E-state index is 11.5. The molecule has 0 saturated carbocycles. The Morgan fingerprint density at radius 3 is 2.75 bits per heavy atom. The predicted octanol–water partition coefficient (Wildman–Crippen LogP) is 2.79. The first-order chi connectivity index (χ1) is 7.56. The van der Waals surface area contributed by atoms with Crippen molar-refractivity contribution < 1.29 is 14.1 Å². The smallest absolute Gasteiger partial charge is 0.254 e. The van der Waals surface area contributed by atoms with Gasteiger partial charge in [0, 0.05) is 6.07 Å². The number of ketones is 1. The van der Waals surface area contributed by atoms with Crippen molar-refractivity contribution in [3.63, 3.8) is 0 Å². The number of carbonyl (C=O) groups is 1. The summed E-state index contributed by atoms with van der Waals surface area (Å²) in [6.07, 6.45) is 0.919. The van der Waals surface area contributed by atoms with Gasteiger partial charge in [0.25, 0.3) is 5.88 Å². The molecule has 0 aromatic carbocycles. The molecular formula is C12H19NO3. The minimum absolute atomic E-state index is 0.0909. The Bertz CT molecular complexity index is 344. The lowest BCUT2D eigenvalue weighted by Crippen LogP contribution is -2.14. The van der Waals surface area contributed by atoms with E-state index in [-0.39, 0.29) is 17.6 Å². The van der Waals surface area contributed by atoms with Crippen LogP contribution >= 0.6 is 0 Å². The third-order valence-electron chi connectivity index (χ3n) is 2.37. The minimum atomic E-state index is -0.230. The molecule has 1 aromatic heterocycles. The van der Waals surface area contributed by atoms with Crippen LogP contribution in [0.1, 0.15) is 45.8 Å². The number of hydrogen-bond acceptors (Lipinski definition) is 4. The molecule has 0 aliphatic heterocycles. The maximum Gasteiger partial charge on any atom is 0.254 e. The fraction of sp³-hybridized carbons (Fsp3) is 0.667. The fourth-order valence-electron chi connectivity index (χ4n) is 1.69. The van der Waals surface area contributed by atoms with Gasteiger partial charge in [-0.05, 0) is 24.4 Å². The lowest BCUT2D eigenvalue weighted by Gasteiger charge is -2.13. The molecule has 1 aromatic rings. The molecule has 0 bridgehead atoms. The van der Waals surface area contributed by atoms with E-state index in [1.165, 1.54) is 0 Å². The Kier molecular flexibility index (Phi) is 4.52. The molecule has 0 saturated heterocycles. The topological polar surface area (TPSA) is 52.3 Å². The maximum atomic E-state index is 11.5. The van der Waals surface area contributed by atoms with E-state index < -0.39 is 0 Å². The second-order valence-electron chi connectivity index (χ2n) is 4.25. The first kappa shape index (κ1) is 12.7. The average Bonchev–Trinajstić information content (AvgIpc) is 2.62. The van der Waals surface area contributed by atoms with E-state index in [9.17, 15) is 4.79 Å². The third-order valence-corrected chi connectivity index (χ3v) is 2.37. The van der Waals surface area contributed by atoms with Gasteiger partial charge in [0.1, 0.15) is 5.78 Å². The number of ether oxygens (including phenoxy) is 1. The molecule has 4 nitrogen and oxygen atoms in total. The Morgan fingerprint density at radius 1 is 1.56 bits per heavy atom. The zero-order valence-electron chi connectivity index (χ0n) is 10.3. The SMILES string of the molecule is CCCOc1cc([C@H](C(C)=O)C(C)C)on1. The van der Waals surface area contributed by atoms with Crippen LogP contribution in [0.4, 0.5) is 0 Å². The van der Waals surface area contributed by atoms with Gasteiger partial charge in [-0.25, -0.2) is 0 Å². The van der Waals surface area contributed by atoms with Gasteiger partial charge in [-0.3, -0.25) is 4.79 Å². The van der Waals surface area contributed by atoms with E-state index in [4.69, 9.17) is 9.26 Å². The molecule has 0 aliphatic carbocycles. The molecule has 0 amide bonds. The first-order valence-electron chi connectivity index (χ1n) is 5.66. The Labute approximate surface area is 96.0 Å². The number of Topliss-reactive ketones (excluding diaryl/α,β-unsaturated/α-hetero) is 1. The number of hydrogen-bond donors (Lipinski definition) is 0. The molecule has 0 spiro atoms. The van der Waals surface area contributed by atoms with Crippen molar-refractivity contribution in [3.8, 4) is 5.88 Å². The summed E-state index contributed by atoms with van der Waals surface area (Å²) in [6, 6.07) is 1.71. The highest BCUT2D eigenvalue weighted by molar-refractivity contribution is 5.82. The van der Waals surface area contributed by atoms with Crippen LogP contribution in [0.15, 0.2) is 10.6 Å². The zero-order valence-corrected chi connectivity index (χ0v) is 10.3. The average molecular weight is 225 g/mol. The van der Waals surface area contributed by atoms with Crippen LogP contribution < -0.4 is 4.74 Å². The molecule has 4 heteroatoms. The van der Waals surface area contributed by atoms with Crippen LogP contribution in [0.25, 0.3) is 0 Å². The summed E-state index contributed by atoms with van der Waals surface area (Å²) in [7, 11) is 0. The Morgan fingerprint density at radius 2 is 2.25 bits per heavy atom. The van der Waals surface area contributed by atoms with Gasteiger partial charge in [0.2, 0.25) is 0 Å². The molecule has 1 rings (SSSR count). The quantitative estimate of drug-likeness (QED) is 0.747. The van der Waals surface area contributed by atoms with E-state index in [1.54, 1.807) is 13.0 Å². The Balaban J connectivity index is 2.78. The third kappa shape index (κ3) is 3.08. The van der Waals surface area contributed by atoms with Crippen molar-refractivity contribution in [2.24, 2.45) is 5.92 Å². The summed E-state index contributed by atoms with van der Waals surface area (Å²) in [5.41, 5.74) is 0. The van der Waals surface area contributed by atoms with Gasteiger partial charge < -0.3 is 9.26 Å². The Hall–Kier alpha value is -1.32. The number of rotatable bonds is 6. The highest BCUT2D eigenvalue weighted by Gasteiger charge is 2.25. The minimum Gasteiger partial charge on any atom is -0.476 e. The van der Waals surface area contributed by atoms with Gasteiger partial charge in [-0.15, -0.1) is 0 Å². The zero-order chi connectivity index (χ0) is 12.1. The number of aromatic nitrogens is 1. The van der Waals surface area contributed by atoms with E-state index in [1.807, 2.05) is 20.8 Å². The van der Waals surface area contributed by atoms with Gasteiger partial charge in [0.15, 0.2) is 5.76 Å². The lowest BCUT2D eigenvalue weighted by atomic mass is 9.90. The van der Waals surface area contributed by atoms with E-state index in [0.717, 1.165) is 6.42 Å². The van der Waals surface area contributed by atoms with Gasteiger partial charge in [-0.2, -0.15) is 0 Å². The monoisotopic (exact) mass is 225 g/mol. The number of nitrogens with zero attached hydrogens (tertiary/aromatic N) is 1. The molecule has 16 heavy (non-hydrogen) atoms. The molecule has 0 unspecified atom stereocenters. The summed E-state index contributed by atoms with van der Waals surface area (Å²) in [5.74, 6) is 1.11. The van der Waals surface area contributed by atoms with Crippen molar-refractivity contribution in [2.75, 3.05) is 6.61 Å². The van der Waals surface area contributed by atoms with Crippen molar-refractivity contribution in [1.29, 1.82) is 0 Å². The van der Waals surface area contributed by atoms with Crippen molar-refractivity contribution >= 4 is 5.78 Å². The molecule has 0 aliphatic rings. The van der Waals surface area contributed by atoms with Crippen LogP contribution in [0.2, 0.25) is 0 Å². The van der Waals surface area contributed by atoms with E-state index >= 15 is 0 Å². The van der Waals surface area contributed by atoms with Crippen LogP contribution in [0.3, 0.4) is 0 Å². The molecule has 90 valence electrons. The van der Waals surface area contributed by atoms with Crippen LogP contribution in [0.5, 0.6) is 5.88 Å². The number of carbonyl (C=O) groups excluding carboxylic acids is 1.